The first-order valence-corrected chi connectivity index (χ1v) is 9.44. The summed E-state index contributed by atoms with van der Waals surface area (Å²) in [5.41, 5.74) is 1.58. The van der Waals surface area contributed by atoms with E-state index in [0.29, 0.717) is 5.56 Å². The molecule has 1 heterocycles. The molecule has 0 unspecified atom stereocenters. The lowest BCUT2D eigenvalue weighted by Crippen LogP contribution is -2.50. The zero-order valence-electron chi connectivity index (χ0n) is 13.9. The molecule has 1 saturated heterocycles. The van der Waals surface area contributed by atoms with E-state index >= 15 is 0 Å². The molecule has 1 aliphatic rings. The number of amides is 1. The maximum Gasteiger partial charge on any atom is 0.253 e. The molecule has 2 aromatic rings. The number of rotatable bonds is 3. The van der Waals surface area contributed by atoms with Crippen LogP contribution in [0.2, 0.25) is 0 Å². The summed E-state index contributed by atoms with van der Waals surface area (Å²) >= 11 is 0. The van der Waals surface area contributed by atoms with Gasteiger partial charge in [-0.2, -0.15) is 4.31 Å². The Bertz CT molecular complexity index is 891. The van der Waals surface area contributed by atoms with Crippen molar-refractivity contribution in [2.24, 2.45) is 0 Å². The predicted octanol–water partition coefficient (Wildman–Crippen LogP) is 2.28. The third-order valence-electron chi connectivity index (χ3n) is 4.25. The van der Waals surface area contributed by atoms with Crippen LogP contribution in [0.25, 0.3) is 0 Å². The van der Waals surface area contributed by atoms with Gasteiger partial charge in [0, 0.05) is 31.7 Å². The number of hydrogen-bond acceptors (Lipinski definition) is 3. The molecule has 3 rings (SSSR count). The molecule has 1 fully saturated rings. The van der Waals surface area contributed by atoms with Crippen molar-refractivity contribution in [3.8, 4) is 0 Å². The van der Waals surface area contributed by atoms with Gasteiger partial charge in [0.1, 0.15) is 10.7 Å². The Morgan fingerprint density at radius 2 is 1.68 bits per heavy atom. The average molecular weight is 362 g/mol. The molecule has 0 radical (unpaired) electrons. The minimum Gasteiger partial charge on any atom is -0.336 e. The molecular weight excluding hydrogens is 343 g/mol. The molecule has 0 saturated carbocycles. The average Bonchev–Trinajstić information content (AvgIpc) is 2.61. The quantitative estimate of drug-likeness (QED) is 0.842. The van der Waals surface area contributed by atoms with E-state index in [1.54, 1.807) is 11.0 Å². The van der Waals surface area contributed by atoms with Gasteiger partial charge in [0.25, 0.3) is 5.91 Å². The molecule has 1 amide bonds. The second-order valence-corrected chi connectivity index (χ2v) is 7.90. The van der Waals surface area contributed by atoms with Gasteiger partial charge in [-0.25, -0.2) is 12.8 Å². The summed E-state index contributed by atoms with van der Waals surface area (Å²) in [4.78, 5) is 13.8. The fourth-order valence-corrected chi connectivity index (χ4v) is 4.37. The smallest absolute Gasteiger partial charge is 0.253 e. The van der Waals surface area contributed by atoms with E-state index < -0.39 is 15.8 Å². The van der Waals surface area contributed by atoms with E-state index in [4.69, 9.17) is 0 Å². The highest BCUT2D eigenvalue weighted by molar-refractivity contribution is 7.89. The summed E-state index contributed by atoms with van der Waals surface area (Å²) in [6, 6.07) is 12.6. The summed E-state index contributed by atoms with van der Waals surface area (Å²) in [6.07, 6.45) is 0. The highest BCUT2D eigenvalue weighted by atomic mass is 32.2. The number of hydrogen-bond donors (Lipinski definition) is 0. The van der Waals surface area contributed by atoms with Crippen molar-refractivity contribution >= 4 is 15.9 Å². The minimum atomic E-state index is -3.89. The molecule has 0 N–H and O–H groups in total. The Labute approximate surface area is 146 Å². The van der Waals surface area contributed by atoms with Gasteiger partial charge < -0.3 is 4.90 Å². The zero-order valence-corrected chi connectivity index (χ0v) is 14.7. The first-order chi connectivity index (χ1) is 11.9. The van der Waals surface area contributed by atoms with Crippen molar-refractivity contribution in [3.05, 3.63) is 65.5 Å². The molecule has 0 spiro atoms. The van der Waals surface area contributed by atoms with Crippen molar-refractivity contribution in [3.63, 3.8) is 0 Å². The van der Waals surface area contributed by atoms with E-state index in [0.717, 1.165) is 11.6 Å². The Balaban J connectivity index is 1.72. The molecule has 0 bridgehead atoms. The van der Waals surface area contributed by atoms with Crippen molar-refractivity contribution in [2.45, 2.75) is 11.8 Å². The van der Waals surface area contributed by atoms with Gasteiger partial charge in [0.05, 0.1) is 0 Å². The fourth-order valence-electron chi connectivity index (χ4n) is 2.89. The van der Waals surface area contributed by atoms with E-state index in [9.17, 15) is 17.6 Å². The summed E-state index contributed by atoms with van der Waals surface area (Å²) < 4.78 is 40.2. The number of carbonyl (C=O) groups excluding carboxylic acids is 1. The molecule has 0 atom stereocenters. The van der Waals surface area contributed by atoms with Crippen molar-refractivity contribution in [1.82, 2.24) is 9.21 Å². The van der Waals surface area contributed by atoms with Gasteiger partial charge in [0.15, 0.2) is 0 Å². The van der Waals surface area contributed by atoms with Crippen LogP contribution in [0.3, 0.4) is 0 Å². The second-order valence-electron chi connectivity index (χ2n) is 6.00. The lowest BCUT2D eigenvalue weighted by atomic mass is 10.1. The molecule has 5 nitrogen and oxygen atoms in total. The topological polar surface area (TPSA) is 57.7 Å². The summed E-state index contributed by atoms with van der Waals surface area (Å²) in [7, 11) is -3.89. The van der Waals surface area contributed by atoms with Crippen molar-refractivity contribution in [1.29, 1.82) is 0 Å². The first kappa shape index (κ1) is 17.6. The maximum atomic E-state index is 13.8. The second kappa shape index (κ2) is 6.93. The van der Waals surface area contributed by atoms with Crippen LogP contribution < -0.4 is 0 Å². The van der Waals surface area contributed by atoms with Crippen molar-refractivity contribution in [2.75, 3.05) is 26.2 Å². The molecule has 25 heavy (non-hydrogen) atoms. The molecule has 0 aliphatic carbocycles. The van der Waals surface area contributed by atoms with E-state index in [1.165, 1.54) is 22.5 Å². The number of piperazine rings is 1. The van der Waals surface area contributed by atoms with Crippen LogP contribution in [0.1, 0.15) is 15.9 Å². The Hall–Kier alpha value is -2.25. The third kappa shape index (κ3) is 3.57. The van der Waals surface area contributed by atoms with Crippen LogP contribution in [0.5, 0.6) is 0 Å². The fraction of sp³-hybridized carbons (Fsp3) is 0.278. The third-order valence-corrected chi connectivity index (χ3v) is 6.18. The number of nitrogens with zero attached hydrogens (tertiary/aromatic N) is 2. The lowest BCUT2D eigenvalue weighted by molar-refractivity contribution is 0.0697. The first-order valence-electron chi connectivity index (χ1n) is 8.00. The van der Waals surface area contributed by atoms with E-state index in [1.807, 2.05) is 25.1 Å². The van der Waals surface area contributed by atoms with E-state index in [2.05, 4.69) is 0 Å². The highest BCUT2D eigenvalue weighted by Crippen LogP contribution is 2.21. The largest absolute Gasteiger partial charge is 0.336 e. The summed E-state index contributed by atoms with van der Waals surface area (Å²) in [5, 5.41) is 0. The molecular formula is C18H19FN2O3S. The van der Waals surface area contributed by atoms with Crippen LogP contribution in [0.4, 0.5) is 4.39 Å². The number of benzene rings is 2. The van der Waals surface area contributed by atoms with Gasteiger partial charge in [-0.3, -0.25) is 4.79 Å². The minimum absolute atomic E-state index is 0.119. The van der Waals surface area contributed by atoms with Crippen LogP contribution in [-0.4, -0.2) is 49.7 Å². The maximum absolute atomic E-state index is 13.8. The highest BCUT2D eigenvalue weighted by Gasteiger charge is 2.31. The van der Waals surface area contributed by atoms with Crippen LogP contribution in [0.15, 0.2) is 53.4 Å². The molecule has 1 aliphatic heterocycles. The zero-order chi connectivity index (χ0) is 18.0. The van der Waals surface area contributed by atoms with Gasteiger partial charge >= 0.3 is 0 Å². The van der Waals surface area contributed by atoms with Crippen LogP contribution in [-0.2, 0) is 10.0 Å². The SMILES string of the molecule is Cc1cccc(C(=O)N2CCN(S(=O)(=O)c3ccccc3F)CC2)c1. The standard InChI is InChI=1S/C18H19FN2O3S/c1-14-5-4-6-15(13-14)18(22)20-9-11-21(12-10-20)25(23,24)17-8-3-2-7-16(17)19/h2-8,13H,9-12H2,1H3. The van der Waals surface area contributed by atoms with Gasteiger partial charge in [-0.1, -0.05) is 29.8 Å². The van der Waals surface area contributed by atoms with Crippen LogP contribution >= 0.6 is 0 Å². The number of sulfonamides is 1. The Morgan fingerprint density at radius 1 is 1.00 bits per heavy atom. The Kier molecular flexibility index (Phi) is 4.87. The molecule has 2 aromatic carbocycles. The molecule has 132 valence electrons. The van der Waals surface area contributed by atoms with E-state index in [-0.39, 0.29) is 37.0 Å². The summed E-state index contributed by atoms with van der Waals surface area (Å²) in [6.45, 7) is 2.76. The molecule has 7 heteroatoms. The lowest BCUT2D eigenvalue weighted by Gasteiger charge is -2.34. The normalized spacial score (nSPS) is 16.0. The monoisotopic (exact) mass is 362 g/mol. The molecule has 0 aromatic heterocycles. The van der Waals surface area contributed by atoms with Gasteiger partial charge in [-0.15, -0.1) is 0 Å². The van der Waals surface area contributed by atoms with Crippen molar-refractivity contribution < 1.29 is 17.6 Å². The van der Waals surface area contributed by atoms with Gasteiger partial charge in [-0.05, 0) is 31.2 Å². The number of carbonyl (C=O) groups is 1. The predicted molar refractivity (Wildman–Crippen MR) is 92.2 cm³/mol. The Morgan fingerprint density at radius 3 is 2.32 bits per heavy atom. The number of aryl methyl sites for hydroxylation is 1. The van der Waals surface area contributed by atoms with Crippen LogP contribution in [0, 0.1) is 12.7 Å². The number of halogens is 1. The summed E-state index contributed by atoms with van der Waals surface area (Å²) in [5.74, 6) is -0.882. The van der Waals surface area contributed by atoms with Gasteiger partial charge in [0.2, 0.25) is 10.0 Å².